The van der Waals surface area contributed by atoms with Crippen LogP contribution in [-0.2, 0) is 4.74 Å². The lowest BCUT2D eigenvalue weighted by Gasteiger charge is -2.39. The first-order chi connectivity index (χ1) is 17.7. The predicted octanol–water partition coefficient (Wildman–Crippen LogP) is 3.02. The Bertz CT molecular complexity index is 1300. The zero-order chi connectivity index (χ0) is 26.2. The van der Waals surface area contributed by atoms with Gasteiger partial charge in [-0.3, -0.25) is 9.78 Å². The van der Waals surface area contributed by atoms with Crippen molar-refractivity contribution in [1.82, 2.24) is 9.97 Å². The summed E-state index contributed by atoms with van der Waals surface area (Å²) in [5, 5.41) is 3.53. The summed E-state index contributed by atoms with van der Waals surface area (Å²) in [4.78, 5) is 25.5. The van der Waals surface area contributed by atoms with Crippen LogP contribution in [0.4, 0.5) is 35.9 Å². The van der Waals surface area contributed by atoms with Crippen molar-refractivity contribution in [3.8, 4) is 0 Å². The van der Waals surface area contributed by atoms with E-state index in [9.17, 15) is 18.0 Å². The van der Waals surface area contributed by atoms with E-state index in [-0.39, 0.29) is 36.6 Å². The number of pyridine rings is 2. The topological polar surface area (TPSA) is 123 Å². The first-order valence-corrected chi connectivity index (χ1v) is 12.0. The number of hydrogen-bond acceptors (Lipinski definition) is 8. The van der Waals surface area contributed by atoms with E-state index in [0.29, 0.717) is 24.4 Å². The van der Waals surface area contributed by atoms with Crippen molar-refractivity contribution in [2.45, 2.75) is 18.6 Å². The van der Waals surface area contributed by atoms with E-state index < -0.39 is 24.0 Å². The molecule has 9 nitrogen and oxygen atoms in total. The highest BCUT2D eigenvalue weighted by Gasteiger charge is 2.44. The molecule has 1 amide bonds. The molecule has 12 heteroatoms. The van der Waals surface area contributed by atoms with Gasteiger partial charge in [0.05, 0.1) is 47.9 Å². The number of aromatic nitrogens is 2. The molecule has 2 aliphatic heterocycles. The van der Waals surface area contributed by atoms with Gasteiger partial charge in [-0.2, -0.15) is 13.2 Å². The standard InChI is InChI=1S/C25H28F3N7O2/c26-25(27,28)16-10-17(29)14-35(13-16)22-3-4-31-12-21(22)33-24(36)23-19(30)9-15-1-2-18(11-20(15)32-23)34-5-7-37-8-6-34/h1-4,9,11-12,16-17H,5-8,10,13-14,29-30H2,(H,33,36)/t16-,17+/m0/s1. The van der Waals surface area contributed by atoms with Crippen LogP contribution in [-0.4, -0.2) is 67.5 Å². The van der Waals surface area contributed by atoms with Gasteiger partial charge in [-0.1, -0.05) is 6.07 Å². The highest BCUT2D eigenvalue weighted by molar-refractivity contribution is 6.09. The molecule has 4 heterocycles. The number of nitrogens with two attached hydrogens (primary N) is 2. The van der Waals surface area contributed by atoms with E-state index in [4.69, 9.17) is 16.2 Å². The zero-order valence-electron chi connectivity index (χ0n) is 20.0. The number of nitrogen functional groups attached to an aromatic ring is 1. The third kappa shape index (κ3) is 5.39. The Morgan fingerprint density at radius 2 is 1.89 bits per heavy atom. The normalized spacial score (nSPS) is 20.8. The fourth-order valence-corrected chi connectivity index (χ4v) is 4.88. The number of nitrogens with one attached hydrogen (secondary N) is 1. The second-order valence-electron chi connectivity index (χ2n) is 9.39. The number of benzene rings is 1. The molecule has 2 saturated heterocycles. The van der Waals surface area contributed by atoms with Crippen LogP contribution in [0.25, 0.3) is 10.9 Å². The maximum absolute atomic E-state index is 13.5. The summed E-state index contributed by atoms with van der Waals surface area (Å²) in [5.74, 6) is -2.15. The minimum Gasteiger partial charge on any atom is -0.397 e. The average Bonchev–Trinajstić information content (AvgIpc) is 2.88. The van der Waals surface area contributed by atoms with Crippen molar-refractivity contribution in [3.05, 3.63) is 48.4 Å². The molecule has 2 atom stereocenters. The molecule has 196 valence electrons. The highest BCUT2D eigenvalue weighted by Crippen LogP contribution is 2.36. The van der Waals surface area contributed by atoms with E-state index in [2.05, 4.69) is 20.2 Å². The van der Waals surface area contributed by atoms with Crippen LogP contribution in [0.3, 0.4) is 0 Å². The lowest BCUT2D eigenvalue weighted by Crippen LogP contribution is -2.51. The fraction of sp³-hybridized carbons (Fsp3) is 0.400. The molecule has 2 aliphatic rings. The molecule has 0 radical (unpaired) electrons. The Hall–Kier alpha value is -3.64. The Labute approximate surface area is 211 Å². The lowest BCUT2D eigenvalue weighted by atomic mass is 9.93. The van der Waals surface area contributed by atoms with Crippen LogP contribution >= 0.6 is 0 Å². The smallest absolute Gasteiger partial charge is 0.393 e. The van der Waals surface area contributed by atoms with Crippen LogP contribution in [0, 0.1) is 5.92 Å². The molecule has 2 aromatic heterocycles. The van der Waals surface area contributed by atoms with Crippen molar-refractivity contribution in [3.63, 3.8) is 0 Å². The predicted molar refractivity (Wildman–Crippen MR) is 136 cm³/mol. The molecule has 0 bridgehead atoms. The summed E-state index contributed by atoms with van der Waals surface area (Å²) in [7, 11) is 0. The van der Waals surface area contributed by atoms with Crippen LogP contribution in [0.1, 0.15) is 16.9 Å². The van der Waals surface area contributed by atoms with Gasteiger partial charge in [0.1, 0.15) is 0 Å². The number of rotatable bonds is 4. The van der Waals surface area contributed by atoms with Gasteiger partial charge in [0.2, 0.25) is 0 Å². The van der Waals surface area contributed by atoms with E-state index in [0.717, 1.165) is 24.2 Å². The number of nitrogens with zero attached hydrogens (tertiary/aromatic N) is 4. The molecule has 1 aromatic carbocycles. The zero-order valence-corrected chi connectivity index (χ0v) is 20.0. The summed E-state index contributed by atoms with van der Waals surface area (Å²) in [5.41, 5.74) is 14.6. The van der Waals surface area contributed by atoms with Crippen LogP contribution < -0.4 is 26.6 Å². The summed E-state index contributed by atoms with van der Waals surface area (Å²) in [6.07, 6.45) is -1.65. The molecule has 0 aliphatic carbocycles. The number of amides is 1. The monoisotopic (exact) mass is 515 g/mol. The van der Waals surface area contributed by atoms with Crippen LogP contribution in [0.15, 0.2) is 42.7 Å². The second-order valence-corrected chi connectivity index (χ2v) is 9.39. The van der Waals surface area contributed by atoms with E-state index >= 15 is 0 Å². The highest BCUT2D eigenvalue weighted by atomic mass is 19.4. The average molecular weight is 516 g/mol. The van der Waals surface area contributed by atoms with Gasteiger partial charge >= 0.3 is 6.18 Å². The molecule has 3 aromatic rings. The minimum atomic E-state index is -4.36. The quantitative estimate of drug-likeness (QED) is 0.485. The molecule has 5 rings (SSSR count). The maximum atomic E-state index is 13.5. The molecular weight excluding hydrogens is 487 g/mol. The maximum Gasteiger partial charge on any atom is 0.393 e. The third-order valence-corrected chi connectivity index (χ3v) is 6.75. The van der Waals surface area contributed by atoms with E-state index in [1.807, 2.05) is 18.2 Å². The number of piperidine rings is 1. The number of ether oxygens (including phenoxy) is 1. The number of carbonyl (C=O) groups is 1. The van der Waals surface area contributed by atoms with Gasteiger partial charge < -0.3 is 31.3 Å². The molecule has 0 unspecified atom stereocenters. The number of carbonyl (C=O) groups excluding carboxylic acids is 1. The number of fused-ring (bicyclic) bond motifs is 1. The summed E-state index contributed by atoms with van der Waals surface area (Å²) < 4.78 is 45.8. The van der Waals surface area contributed by atoms with Crippen LogP contribution in [0.5, 0.6) is 0 Å². The SMILES string of the molecule is Nc1cc2ccc(N3CCOCC3)cc2nc1C(=O)Nc1cnccc1N1C[C@H](N)C[C@H](C(F)(F)F)C1. The third-order valence-electron chi connectivity index (χ3n) is 6.75. The largest absolute Gasteiger partial charge is 0.397 e. The Morgan fingerprint density at radius 1 is 1.11 bits per heavy atom. The van der Waals surface area contributed by atoms with E-state index in [1.165, 1.54) is 17.3 Å². The van der Waals surface area contributed by atoms with Crippen molar-refractivity contribution < 1.29 is 22.7 Å². The molecule has 2 fully saturated rings. The Morgan fingerprint density at radius 3 is 2.65 bits per heavy atom. The first kappa shape index (κ1) is 25.0. The molecular formula is C25H28F3N7O2. The Kier molecular flexibility index (Phi) is 6.78. The summed E-state index contributed by atoms with van der Waals surface area (Å²) in [6.45, 7) is 2.75. The fourth-order valence-electron chi connectivity index (χ4n) is 4.88. The Balaban J connectivity index is 1.41. The molecule has 5 N–H and O–H groups in total. The van der Waals surface area contributed by atoms with Gasteiger partial charge in [-0.15, -0.1) is 0 Å². The minimum absolute atomic E-state index is 0.0185. The number of halogens is 3. The summed E-state index contributed by atoms with van der Waals surface area (Å²) in [6, 6.07) is 8.37. The molecule has 37 heavy (non-hydrogen) atoms. The van der Waals surface area contributed by atoms with E-state index in [1.54, 1.807) is 12.1 Å². The molecule has 0 spiro atoms. The van der Waals surface area contributed by atoms with Crippen molar-refractivity contribution >= 4 is 39.6 Å². The van der Waals surface area contributed by atoms with Gasteiger partial charge in [0, 0.05) is 49.5 Å². The van der Waals surface area contributed by atoms with Gasteiger partial charge in [0.25, 0.3) is 5.91 Å². The number of alkyl halides is 3. The molecule has 0 saturated carbocycles. The van der Waals surface area contributed by atoms with Gasteiger partial charge in [0.15, 0.2) is 5.69 Å². The number of morpholine rings is 1. The summed E-state index contributed by atoms with van der Waals surface area (Å²) >= 11 is 0. The van der Waals surface area contributed by atoms with Crippen molar-refractivity contribution in [2.24, 2.45) is 11.7 Å². The van der Waals surface area contributed by atoms with Crippen LogP contribution in [0.2, 0.25) is 0 Å². The van der Waals surface area contributed by atoms with Crippen molar-refractivity contribution in [2.75, 3.05) is 60.2 Å². The lowest BCUT2D eigenvalue weighted by molar-refractivity contribution is -0.177. The number of hydrogen-bond donors (Lipinski definition) is 3. The van der Waals surface area contributed by atoms with Crippen molar-refractivity contribution in [1.29, 1.82) is 0 Å². The number of anilines is 4. The second kappa shape index (κ2) is 10.0. The first-order valence-electron chi connectivity index (χ1n) is 12.0. The van der Waals surface area contributed by atoms with Gasteiger partial charge in [-0.05, 0) is 30.7 Å². The van der Waals surface area contributed by atoms with Gasteiger partial charge in [-0.25, -0.2) is 4.98 Å².